The van der Waals surface area contributed by atoms with Crippen LogP contribution < -0.4 is 10.0 Å². The zero-order valence-corrected chi connectivity index (χ0v) is 20.3. The Morgan fingerprint density at radius 2 is 1.53 bits per heavy atom. The number of hydrogen-bond donors (Lipinski definition) is 2. The van der Waals surface area contributed by atoms with Gasteiger partial charge in [-0.3, -0.25) is 0 Å². The summed E-state index contributed by atoms with van der Waals surface area (Å²) in [4.78, 5) is 9.57. The van der Waals surface area contributed by atoms with Crippen molar-refractivity contribution in [2.24, 2.45) is 5.41 Å². The lowest BCUT2D eigenvalue weighted by molar-refractivity contribution is -0.139. The van der Waals surface area contributed by atoms with E-state index in [1.807, 2.05) is 25.5 Å². The fourth-order valence-corrected chi connectivity index (χ4v) is 5.29. The highest BCUT2D eigenvalue weighted by Crippen LogP contribution is 2.36. The number of halogens is 3. The van der Waals surface area contributed by atoms with Crippen molar-refractivity contribution >= 4 is 26.0 Å². The first-order chi connectivity index (χ1) is 15.5. The van der Waals surface area contributed by atoms with E-state index in [0.29, 0.717) is 18.2 Å². The molecule has 0 spiro atoms. The van der Waals surface area contributed by atoms with Gasteiger partial charge in [0.15, 0.2) is 0 Å². The number of nitrogens with one attached hydrogen (secondary N) is 2. The Morgan fingerprint density at radius 3 is 2.09 bits per heavy atom. The monoisotopic (exact) mass is 522 g/mol. The van der Waals surface area contributed by atoms with Crippen molar-refractivity contribution in [3.63, 3.8) is 0 Å². The molecule has 0 saturated carbocycles. The Labute approximate surface area is 196 Å². The van der Waals surface area contributed by atoms with Gasteiger partial charge in [-0.25, -0.2) is 26.4 Å². The molecule has 2 aromatic rings. The number of sulfonamides is 1. The standard InChI is InChI=1S/C21H25F3N2O6S2/c1-20(2,3)14-32-19(27)25-11-12-26-34(30,31)18-13-16(9-10-17(18)21(22,23)24)33(28,29)15-7-5-4-6-8-15/h4-10,13,26H,11-12,14H2,1-3H3,(H,25,27). The van der Waals surface area contributed by atoms with E-state index in [0.717, 1.165) is 0 Å². The van der Waals surface area contributed by atoms with Crippen LogP contribution >= 0.6 is 0 Å². The Bertz CT molecular complexity index is 1220. The van der Waals surface area contributed by atoms with Crippen molar-refractivity contribution in [1.82, 2.24) is 10.0 Å². The number of alkyl halides is 3. The van der Waals surface area contributed by atoms with Crippen LogP contribution in [0.25, 0.3) is 0 Å². The lowest BCUT2D eigenvalue weighted by Gasteiger charge is -2.18. The minimum Gasteiger partial charge on any atom is -0.449 e. The van der Waals surface area contributed by atoms with Gasteiger partial charge in [0.2, 0.25) is 19.9 Å². The number of sulfone groups is 1. The van der Waals surface area contributed by atoms with E-state index in [2.05, 4.69) is 5.32 Å². The summed E-state index contributed by atoms with van der Waals surface area (Å²) in [5, 5.41) is 2.28. The maximum Gasteiger partial charge on any atom is 0.417 e. The van der Waals surface area contributed by atoms with Gasteiger partial charge in [0, 0.05) is 13.1 Å². The van der Waals surface area contributed by atoms with Gasteiger partial charge in [-0.15, -0.1) is 0 Å². The summed E-state index contributed by atoms with van der Waals surface area (Å²) in [7, 11) is -9.07. The van der Waals surface area contributed by atoms with Gasteiger partial charge in [-0.2, -0.15) is 13.2 Å². The summed E-state index contributed by atoms with van der Waals surface area (Å²) in [6.07, 6.45) is -5.88. The van der Waals surface area contributed by atoms with Crippen LogP contribution in [-0.4, -0.2) is 42.6 Å². The molecule has 0 aliphatic carbocycles. The van der Waals surface area contributed by atoms with Crippen molar-refractivity contribution in [3.05, 3.63) is 54.1 Å². The van der Waals surface area contributed by atoms with E-state index in [4.69, 9.17) is 4.74 Å². The first-order valence-corrected chi connectivity index (χ1v) is 12.9. The third kappa shape index (κ3) is 7.43. The van der Waals surface area contributed by atoms with Crippen LogP contribution in [0.2, 0.25) is 0 Å². The van der Waals surface area contributed by atoms with Gasteiger partial charge in [0.05, 0.1) is 26.9 Å². The number of ether oxygens (including phenoxy) is 1. The summed E-state index contributed by atoms with van der Waals surface area (Å²) in [5.74, 6) is 0. The maximum atomic E-state index is 13.5. The Balaban J connectivity index is 2.26. The Kier molecular flexibility index (Phi) is 8.38. The molecule has 0 unspecified atom stereocenters. The highest BCUT2D eigenvalue weighted by atomic mass is 32.2. The van der Waals surface area contributed by atoms with Crippen LogP contribution in [0.1, 0.15) is 26.3 Å². The van der Waals surface area contributed by atoms with E-state index in [-0.39, 0.29) is 23.5 Å². The van der Waals surface area contributed by atoms with Gasteiger partial charge >= 0.3 is 12.3 Å². The molecule has 0 aliphatic rings. The minimum absolute atomic E-state index is 0.0994. The second-order valence-electron chi connectivity index (χ2n) is 8.43. The minimum atomic E-state index is -5.06. The van der Waals surface area contributed by atoms with Crippen molar-refractivity contribution in [2.75, 3.05) is 19.7 Å². The normalized spacial score (nSPS) is 12.9. The quantitative estimate of drug-likeness (QED) is 0.512. The van der Waals surface area contributed by atoms with Crippen LogP contribution in [0.15, 0.2) is 63.2 Å². The van der Waals surface area contributed by atoms with Gasteiger partial charge < -0.3 is 10.1 Å². The van der Waals surface area contributed by atoms with Gasteiger partial charge in [0.25, 0.3) is 0 Å². The average molecular weight is 523 g/mol. The molecule has 0 heterocycles. The summed E-state index contributed by atoms with van der Waals surface area (Å²) >= 11 is 0. The number of rotatable bonds is 8. The van der Waals surface area contributed by atoms with E-state index >= 15 is 0 Å². The summed E-state index contributed by atoms with van der Waals surface area (Å²) in [6.45, 7) is 4.87. The largest absolute Gasteiger partial charge is 0.449 e. The molecule has 0 radical (unpaired) electrons. The first-order valence-electron chi connectivity index (χ1n) is 9.96. The zero-order valence-electron chi connectivity index (χ0n) is 18.6. The number of carbonyl (C=O) groups is 1. The molecule has 188 valence electrons. The molecule has 34 heavy (non-hydrogen) atoms. The molecule has 0 bridgehead atoms. The lowest BCUT2D eigenvalue weighted by atomic mass is 9.99. The predicted octanol–water partition coefficient (Wildman–Crippen LogP) is 3.59. The smallest absolute Gasteiger partial charge is 0.417 e. The number of hydrogen-bond acceptors (Lipinski definition) is 6. The second-order valence-corrected chi connectivity index (χ2v) is 12.1. The number of amides is 1. The van der Waals surface area contributed by atoms with Gasteiger partial charge in [-0.1, -0.05) is 39.0 Å². The molecule has 0 fully saturated rings. The van der Waals surface area contributed by atoms with E-state index < -0.39 is 54.0 Å². The topological polar surface area (TPSA) is 119 Å². The van der Waals surface area contributed by atoms with Crippen molar-refractivity contribution in [3.8, 4) is 0 Å². The summed E-state index contributed by atoms with van der Waals surface area (Å²) in [5.41, 5.74) is -1.82. The predicted molar refractivity (Wildman–Crippen MR) is 117 cm³/mol. The van der Waals surface area contributed by atoms with E-state index in [1.165, 1.54) is 24.3 Å². The third-order valence-corrected chi connectivity index (χ3v) is 7.50. The molecule has 2 rings (SSSR count). The SMILES string of the molecule is CC(C)(C)COC(=O)NCCNS(=O)(=O)c1cc(S(=O)(=O)c2ccccc2)ccc1C(F)(F)F. The van der Waals surface area contributed by atoms with Crippen LogP contribution in [-0.2, 0) is 30.8 Å². The molecular weight excluding hydrogens is 497 g/mol. The van der Waals surface area contributed by atoms with Crippen LogP contribution in [0.3, 0.4) is 0 Å². The third-order valence-electron chi connectivity index (χ3n) is 4.23. The molecule has 0 atom stereocenters. The fraction of sp³-hybridized carbons (Fsp3) is 0.381. The number of benzene rings is 2. The van der Waals surface area contributed by atoms with E-state index in [9.17, 15) is 34.8 Å². The summed E-state index contributed by atoms with van der Waals surface area (Å²) in [6, 6.07) is 8.47. The molecule has 1 amide bonds. The van der Waals surface area contributed by atoms with Crippen LogP contribution in [0.4, 0.5) is 18.0 Å². The van der Waals surface area contributed by atoms with Gasteiger partial charge in [0.1, 0.15) is 0 Å². The number of carbonyl (C=O) groups excluding carboxylic acids is 1. The van der Waals surface area contributed by atoms with Crippen molar-refractivity contribution < 1.29 is 39.5 Å². The summed E-state index contributed by atoms with van der Waals surface area (Å²) < 4.78 is 98.3. The fourth-order valence-electron chi connectivity index (χ4n) is 2.62. The molecule has 2 N–H and O–H groups in total. The Hall–Kier alpha value is -2.64. The van der Waals surface area contributed by atoms with Crippen LogP contribution in [0, 0.1) is 5.41 Å². The molecule has 0 saturated heterocycles. The molecule has 13 heteroatoms. The molecule has 0 aromatic heterocycles. The molecular formula is C21H25F3N2O6S2. The average Bonchev–Trinajstić information content (AvgIpc) is 2.74. The highest BCUT2D eigenvalue weighted by molar-refractivity contribution is 7.91. The van der Waals surface area contributed by atoms with E-state index in [1.54, 1.807) is 6.07 Å². The Morgan fingerprint density at radius 1 is 0.912 bits per heavy atom. The lowest BCUT2D eigenvalue weighted by Crippen LogP contribution is -2.36. The maximum absolute atomic E-state index is 13.5. The van der Waals surface area contributed by atoms with Crippen molar-refractivity contribution in [2.45, 2.75) is 41.6 Å². The molecule has 0 aliphatic heterocycles. The van der Waals surface area contributed by atoms with Gasteiger partial charge in [-0.05, 0) is 35.7 Å². The first kappa shape index (κ1) is 27.6. The molecule has 8 nitrogen and oxygen atoms in total. The van der Waals surface area contributed by atoms with Crippen molar-refractivity contribution in [1.29, 1.82) is 0 Å². The second kappa shape index (κ2) is 10.3. The highest BCUT2D eigenvalue weighted by Gasteiger charge is 2.38. The zero-order chi connectivity index (χ0) is 25.8. The number of alkyl carbamates (subject to hydrolysis) is 1. The molecule has 2 aromatic carbocycles. The van der Waals surface area contributed by atoms with Crippen LogP contribution in [0.5, 0.6) is 0 Å².